The lowest BCUT2D eigenvalue weighted by Gasteiger charge is -2.16. The quantitative estimate of drug-likeness (QED) is 0.200. The number of aliphatic hydroxyl groups is 1. The maximum atomic E-state index is 14.9. The van der Waals surface area contributed by atoms with E-state index in [0.717, 1.165) is 11.1 Å². The third-order valence-corrected chi connectivity index (χ3v) is 7.09. The van der Waals surface area contributed by atoms with Crippen molar-refractivity contribution in [3.8, 4) is 28.3 Å². The zero-order valence-electron chi connectivity index (χ0n) is 24.6. The minimum absolute atomic E-state index is 0.107. The molecular formula is C29H30FN7O6S. The molecule has 1 amide bonds. The molecule has 2 N–H and O–H groups in total. The van der Waals surface area contributed by atoms with E-state index in [9.17, 15) is 14.3 Å². The van der Waals surface area contributed by atoms with E-state index in [2.05, 4.69) is 35.2 Å². The second-order valence-corrected chi connectivity index (χ2v) is 11.5. The minimum Gasteiger partial charge on any atom is -0.480 e. The highest BCUT2D eigenvalue weighted by molar-refractivity contribution is 7.21. The Kier molecular flexibility index (Phi) is 8.96. The highest BCUT2D eigenvalue weighted by Crippen LogP contribution is 2.35. The van der Waals surface area contributed by atoms with Crippen LogP contribution in [-0.4, -0.2) is 73.1 Å². The number of aromatic nitrogens is 6. The second-order valence-electron chi connectivity index (χ2n) is 10.5. The Morgan fingerprint density at radius 3 is 2.57 bits per heavy atom. The number of rotatable bonds is 11. The van der Waals surface area contributed by atoms with Crippen molar-refractivity contribution in [3.05, 3.63) is 48.2 Å². The number of aryl methyl sites for hydroxylation is 1. The first-order valence-corrected chi connectivity index (χ1v) is 14.4. The van der Waals surface area contributed by atoms with E-state index in [4.69, 9.17) is 18.9 Å². The van der Waals surface area contributed by atoms with Crippen LogP contribution < -0.4 is 19.5 Å². The van der Waals surface area contributed by atoms with E-state index in [0.29, 0.717) is 38.7 Å². The third-order valence-electron chi connectivity index (χ3n) is 6.10. The molecule has 0 aliphatic carbocycles. The molecule has 0 radical (unpaired) electrons. The topological polar surface area (TPSA) is 164 Å². The minimum atomic E-state index is -0.867. The van der Waals surface area contributed by atoms with Crippen LogP contribution >= 0.6 is 11.3 Å². The van der Waals surface area contributed by atoms with Gasteiger partial charge in [0.05, 0.1) is 54.6 Å². The first-order valence-electron chi connectivity index (χ1n) is 13.5. The van der Waals surface area contributed by atoms with Crippen molar-refractivity contribution >= 4 is 44.5 Å². The van der Waals surface area contributed by atoms with Crippen molar-refractivity contribution < 1.29 is 33.2 Å². The lowest BCUT2D eigenvalue weighted by molar-refractivity contribution is 0.0539. The number of carbonyl (C=O) groups is 1. The average molecular weight is 624 g/mol. The van der Waals surface area contributed by atoms with Crippen LogP contribution in [0.1, 0.15) is 32.8 Å². The van der Waals surface area contributed by atoms with Gasteiger partial charge >= 0.3 is 12.1 Å². The summed E-state index contributed by atoms with van der Waals surface area (Å²) in [5.41, 5.74) is 2.76. The predicted molar refractivity (Wildman–Crippen MR) is 161 cm³/mol. The van der Waals surface area contributed by atoms with Gasteiger partial charge in [-0.05, 0) is 45.4 Å². The number of thiazole rings is 1. The SMILES string of the molecule is COc1cnc2c(-c3nc4cc(F)c(OC[C@@H](C)OC(=O)Nc5cnc(OCCC(C)(C)O)nc5)nc4s3)cc(C)cc2n1. The summed E-state index contributed by atoms with van der Waals surface area (Å²) in [6.07, 6.45) is 3.12. The molecule has 0 aliphatic rings. The fourth-order valence-electron chi connectivity index (χ4n) is 3.96. The van der Waals surface area contributed by atoms with Gasteiger partial charge in [-0.1, -0.05) is 11.3 Å². The molecule has 0 saturated carbocycles. The number of amides is 1. The van der Waals surface area contributed by atoms with Gasteiger partial charge in [0.1, 0.15) is 28.1 Å². The highest BCUT2D eigenvalue weighted by atomic mass is 32.1. The molecule has 0 unspecified atom stereocenters. The van der Waals surface area contributed by atoms with Crippen molar-refractivity contribution in [2.75, 3.05) is 25.6 Å². The number of nitrogens with zero attached hydrogens (tertiary/aromatic N) is 6. The van der Waals surface area contributed by atoms with E-state index in [1.807, 2.05) is 19.1 Å². The number of fused-ring (bicyclic) bond motifs is 2. The number of benzene rings is 1. The van der Waals surface area contributed by atoms with Gasteiger partial charge in [0, 0.05) is 18.1 Å². The van der Waals surface area contributed by atoms with Gasteiger partial charge in [-0.3, -0.25) is 5.32 Å². The molecule has 0 bridgehead atoms. The molecule has 0 spiro atoms. The maximum Gasteiger partial charge on any atom is 0.412 e. The van der Waals surface area contributed by atoms with Gasteiger partial charge in [0.2, 0.25) is 5.88 Å². The first-order chi connectivity index (χ1) is 21.0. The number of hydrogen-bond acceptors (Lipinski definition) is 13. The summed E-state index contributed by atoms with van der Waals surface area (Å²) in [5, 5.41) is 12.8. The Morgan fingerprint density at radius 2 is 1.84 bits per heavy atom. The Labute approximate surface area is 255 Å². The van der Waals surface area contributed by atoms with Gasteiger partial charge in [-0.25, -0.2) is 34.1 Å². The lowest BCUT2D eigenvalue weighted by Crippen LogP contribution is -2.25. The fraction of sp³-hybridized carbons (Fsp3) is 0.345. The van der Waals surface area contributed by atoms with Crippen molar-refractivity contribution in [1.29, 1.82) is 0 Å². The molecular weight excluding hydrogens is 593 g/mol. The molecule has 15 heteroatoms. The van der Waals surface area contributed by atoms with Crippen LogP contribution in [0.25, 0.3) is 32.0 Å². The van der Waals surface area contributed by atoms with E-state index in [1.165, 1.54) is 43.1 Å². The van der Waals surface area contributed by atoms with E-state index in [1.54, 1.807) is 20.8 Å². The Morgan fingerprint density at radius 1 is 1.07 bits per heavy atom. The molecule has 230 valence electrons. The van der Waals surface area contributed by atoms with Crippen molar-refractivity contribution in [2.45, 2.75) is 45.8 Å². The van der Waals surface area contributed by atoms with Gasteiger partial charge in [-0.15, -0.1) is 0 Å². The molecule has 4 aromatic heterocycles. The van der Waals surface area contributed by atoms with Crippen LogP contribution in [0.3, 0.4) is 0 Å². The van der Waals surface area contributed by atoms with Crippen LogP contribution in [0.2, 0.25) is 0 Å². The number of halogens is 1. The molecule has 1 atom stereocenters. The molecule has 4 heterocycles. The van der Waals surface area contributed by atoms with Gasteiger partial charge in [-0.2, -0.15) is 4.98 Å². The second kappa shape index (κ2) is 12.9. The Balaban J connectivity index is 1.20. The molecule has 0 fully saturated rings. The lowest BCUT2D eigenvalue weighted by atomic mass is 10.1. The maximum absolute atomic E-state index is 14.9. The van der Waals surface area contributed by atoms with Crippen LogP contribution in [-0.2, 0) is 4.74 Å². The van der Waals surface area contributed by atoms with Gasteiger partial charge in [0.25, 0.3) is 5.88 Å². The summed E-state index contributed by atoms with van der Waals surface area (Å²) in [4.78, 5) is 38.7. The molecule has 0 saturated heterocycles. The van der Waals surface area contributed by atoms with Gasteiger partial charge < -0.3 is 24.1 Å². The Bertz CT molecular complexity index is 1800. The summed E-state index contributed by atoms with van der Waals surface area (Å²) >= 11 is 1.26. The zero-order valence-corrected chi connectivity index (χ0v) is 25.4. The number of nitrogens with one attached hydrogen (secondary N) is 1. The number of ether oxygens (including phenoxy) is 4. The summed E-state index contributed by atoms with van der Waals surface area (Å²) in [5.74, 6) is -0.546. The number of anilines is 1. The third kappa shape index (κ3) is 7.60. The van der Waals surface area contributed by atoms with E-state index in [-0.39, 0.29) is 30.8 Å². The molecule has 1 aromatic carbocycles. The fourth-order valence-corrected chi connectivity index (χ4v) is 4.89. The smallest absolute Gasteiger partial charge is 0.412 e. The van der Waals surface area contributed by atoms with Gasteiger partial charge in [0.15, 0.2) is 5.82 Å². The van der Waals surface area contributed by atoms with Crippen molar-refractivity contribution in [3.63, 3.8) is 0 Å². The molecule has 44 heavy (non-hydrogen) atoms. The van der Waals surface area contributed by atoms with Crippen molar-refractivity contribution in [2.24, 2.45) is 0 Å². The number of carbonyl (C=O) groups excluding carboxylic acids is 1. The predicted octanol–water partition coefficient (Wildman–Crippen LogP) is 5.10. The number of hydrogen-bond donors (Lipinski definition) is 2. The number of pyridine rings is 1. The van der Waals surface area contributed by atoms with Crippen LogP contribution in [0.5, 0.6) is 17.8 Å². The largest absolute Gasteiger partial charge is 0.480 e. The highest BCUT2D eigenvalue weighted by Gasteiger charge is 2.19. The normalized spacial score (nSPS) is 12.2. The summed E-state index contributed by atoms with van der Waals surface area (Å²) < 4.78 is 36.3. The summed E-state index contributed by atoms with van der Waals surface area (Å²) in [6.45, 7) is 6.96. The number of methoxy groups -OCH3 is 1. The van der Waals surface area contributed by atoms with Crippen LogP contribution in [0, 0.1) is 12.7 Å². The van der Waals surface area contributed by atoms with E-state index < -0.39 is 23.6 Å². The molecule has 5 aromatic rings. The monoisotopic (exact) mass is 623 g/mol. The molecule has 5 rings (SSSR count). The van der Waals surface area contributed by atoms with E-state index >= 15 is 0 Å². The van der Waals surface area contributed by atoms with Crippen LogP contribution in [0.15, 0.2) is 36.8 Å². The van der Waals surface area contributed by atoms with Crippen LogP contribution in [0.4, 0.5) is 14.9 Å². The zero-order chi connectivity index (χ0) is 31.4. The summed E-state index contributed by atoms with van der Waals surface area (Å²) in [6, 6.07) is 5.19. The summed E-state index contributed by atoms with van der Waals surface area (Å²) in [7, 11) is 1.52. The van der Waals surface area contributed by atoms with Crippen molar-refractivity contribution in [1.82, 2.24) is 29.9 Å². The first kappa shape index (κ1) is 30.7. The standard InChI is InChI=1S/C29H30FN7O6S/c1-15-8-18(23-20(9-15)35-22(40-5)13-31-23)25-36-21-10-19(30)24(37-26(21)44-25)42-14-16(2)43-28(38)34-17-11-32-27(33-12-17)41-7-6-29(3,4)39/h8-13,16,39H,6-7,14H2,1-5H3,(H,34,38)/t16-/m1/s1. The molecule has 13 nitrogen and oxygen atoms in total. The average Bonchev–Trinajstić information content (AvgIpc) is 3.37. The Hall–Kier alpha value is -4.76. The molecule has 0 aliphatic heterocycles.